The number of rotatable bonds is 0. The van der Waals surface area contributed by atoms with Gasteiger partial charge in [0.1, 0.15) is 0 Å². The van der Waals surface area contributed by atoms with Crippen LogP contribution < -0.4 is 0 Å². The normalized spacial score (nSPS) is 28.8. The van der Waals surface area contributed by atoms with Gasteiger partial charge in [-0.1, -0.05) is 11.2 Å². The van der Waals surface area contributed by atoms with Gasteiger partial charge in [0, 0.05) is 12.3 Å². The van der Waals surface area contributed by atoms with E-state index in [1.54, 1.807) is 0 Å². The van der Waals surface area contributed by atoms with E-state index in [1.165, 1.54) is 0 Å². The number of hydrogen-bond donors (Lipinski definition) is 0. The molecular weight excluding hydrogens is 118 g/mol. The highest BCUT2D eigenvalue weighted by molar-refractivity contribution is 7.90. The summed E-state index contributed by atoms with van der Waals surface area (Å²) in [5.74, 6) is 0. The van der Waals surface area contributed by atoms with Crippen molar-refractivity contribution in [3.63, 3.8) is 0 Å². The molecule has 1 heterocycles. The lowest BCUT2D eigenvalue weighted by Gasteiger charge is -2.17. The molecule has 0 radical (unpaired) electrons. The quantitative estimate of drug-likeness (QED) is 0.451. The van der Waals surface area contributed by atoms with Crippen LogP contribution >= 0.6 is 17.7 Å². The highest BCUT2D eigenvalue weighted by Gasteiger charge is 2.26. The zero-order chi connectivity index (χ0) is 4.62. The van der Waals surface area contributed by atoms with E-state index >= 15 is 0 Å². The topological polar surface area (TPSA) is 17.1 Å². The van der Waals surface area contributed by atoms with Crippen LogP contribution in [0.5, 0.6) is 0 Å². The molecular formula is C3H6ClOP. The third-order valence-corrected chi connectivity index (χ3v) is 3.97. The van der Waals surface area contributed by atoms with E-state index < -0.39 is 6.49 Å². The van der Waals surface area contributed by atoms with Crippen LogP contribution in [0.15, 0.2) is 0 Å². The van der Waals surface area contributed by atoms with Crippen LogP contribution in [0.4, 0.5) is 0 Å². The summed E-state index contributed by atoms with van der Waals surface area (Å²) in [7, 11) is 0. The van der Waals surface area contributed by atoms with Crippen LogP contribution in [0.2, 0.25) is 0 Å². The maximum absolute atomic E-state index is 10.4. The Labute approximate surface area is 41.8 Å². The molecule has 1 saturated heterocycles. The maximum Gasteiger partial charge on any atom is 0.169 e. The van der Waals surface area contributed by atoms with E-state index in [9.17, 15) is 4.57 Å². The summed E-state index contributed by atoms with van der Waals surface area (Å²) in [5.41, 5.74) is 0. The summed E-state index contributed by atoms with van der Waals surface area (Å²) < 4.78 is 10.4. The van der Waals surface area contributed by atoms with E-state index in [0.717, 1.165) is 18.7 Å². The van der Waals surface area contributed by atoms with Crippen molar-refractivity contribution in [3.8, 4) is 0 Å². The van der Waals surface area contributed by atoms with Crippen molar-refractivity contribution in [2.24, 2.45) is 0 Å². The Balaban J connectivity index is 2.53. The maximum atomic E-state index is 10.4. The van der Waals surface area contributed by atoms with E-state index in [1.807, 2.05) is 0 Å². The van der Waals surface area contributed by atoms with Gasteiger partial charge in [-0.15, -0.1) is 0 Å². The van der Waals surface area contributed by atoms with E-state index in [0.29, 0.717) is 0 Å². The minimum atomic E-state index is -1.99. The molecule has 3 heteroatoms. The molecule has 36 valence electrons. The summed E-state index contributed by atoms with van der Waals surface area (Å²) in [5, 5.41) is 0. The second-order valence-corrected chi connectivity index (χ2v) is 5.91. The summed E-state index contributed by atoms with van der Waals surface area (Å²) in [4.78, 5) is 0. The van der Waals surface area contributed by atoms with Crippen molar-refractivity contribution in [2.45, 2.75) is 6.42 Å². The van der Waals surface area contributed by atoms with Crippen molar-refractivity contribution in [1.82, 2.24) is 0 Å². The SMILES string of the molecule is O=P1(Cl)CCC1. The molecule has 0 bridgehead atoms. The fourth-order valence-corrected chi connectivity index (χ4v) is 1.94. The highest BCUT2D eigenvalue weighted by atomic mass is 35.7. The largest absolute Gasteiger partial charge is 0.307 e. The van der Waals surface area contributed by atoms with Crippen LogP contribution in [0.1, 0.15) is 6.42 Å². The first-order valence-electron chi connectivity index (χ1n) is 1.98. The zero-order valence-corrected chi connectivity index (χ0v) is 5.01. The molecule has 0 aromatic carbocycles. The average molecular weight is 125 g/mol. The molecule has 1 fully saturated rings. The second-order valence-electron chi connectivity index (χ2n) is 1.59. The molecule has 0 unspecified atom stereocenters. The van der Waals surface area contributed by atoms with Gasteiger partial charge in [-0.25, -0.2) is 0 Å². The fourth-order valence-electron chi connectivity index (χ4n) is 0.407. The van der Waals surface area contributed by atoms with Crippen molar-refractivity contribution in [1.29, 1.82) is 0 Å². The van der Waals surface area contributed by atoms with E-state index in [2.05, 4.69) is 0 Å². The molecule has 0 amide bonds. The van der Waals surface area contributed by atoms with Crippen molar-refractivity contribution >= 4 is 17.7 Å². The van der Waals surface area contributed by atoms with Crippen LogP contribution in [0.3, 0.4) is 0 Å². The molecule has 0 saturated carbocycles. The summed E-state index contributed by atoms with van der Waals surface area (Å²) in [6.07, 6.45) is 2.61. The molecule has 1 rings (SSSR count). The Hall–Kier alpha value is 0.520. The average Bonchev–Trinajstić information content (AvgIpc) is 1.32. The van der Waals surface area contributed by atoms with Gasteiger partial charge >= 0.3 is 0 Å². The van der Waals surface area contributed by atoms with Gasteiger partial charge < -0.3 is 4.57 Å². The van der Waals surface area contributed by atoms with Gasteiger partial charge in [0.2, 0.25) is 0 Å². The lowest BCUT2D eigenvalue weighted by molar-refractivity contribution is 0.573. The lowest BCUT2D eigenvalue weighted by atomic mass is 10.5. The van der Waals surface area contributed by atoms with Gasteiger partial charge in [-0.05, 0) is 6.42 Å². The van der Waals surface area contributed by atoms with Gasteiger partial charge in [-0.2, -0.15) is 0 Å². The number of hydrogen-bond acceptors (Lipinski definition) is 1. The molecule has 1 aliphatic heterocycles. The molecule has 0 atom stereocenters. The molecule has 6 heavy (non-hydrogen) atoms. The molecule has 1 nitrogen and oxygen atoms in total. The van der Waals surface area contributed by atoms with E-state index in [-0.39, 0.29) is 0 Å². The second kappa shape index (κ2) is 1.24. The Kier molecular flexibility index (Phi) is 0.969. The minimum Gasteiger partial charge on any atom is -0.307 e. The Morgan fingerprint density at radius 3 is 1.83 bits per heavy atom. The van der Waals surface area contributed by atoms with Gasteiger partial charge in [0.05, 0.1) is 0 Å². The summed E-state index contributed by atoms with van der Waals surface area (Å²) in [6.45, 7) is -1.99. The Morgan fingerprint density at radius 1 is 1.50 bits per heavy atom. The van der Waals surface area contributed by atoms with Crippen LogP contribution in [0.25, 0.3) is 0 Å². The van der Waals surface area contributed by atoms with Crippen LogP contribution in [0, 0.1) is 0 Å². The first kappa shape index (κ1) is 4.67. The van der Waals surface area contributed by atoms with E-state index in [4.69, 9.17) is 11.2 Å². The van der Waals surface area contributed by atoms with Crippen molar-refractivity contribution < 1.29 is 4.57 Å². The van der Waals surface area contributed by atoms with Crippen LogP contribution in [-0.2, 0) is 4.57 Å². The Bertz CT molecular complexity index is 93.0. The first-order valence-corrected chi connectivity index (χ1v) is 4.97. The fraction of sp³-hybridized carbons (Fsp3) is 1.00. The van der Waals surface area contributed by atoms with Gasteiger partial charge in [0.25, 0.3) is 0 Å². The standard InChI is InChI=1S/C3H6ClOP/c4-6(5)2-1-3-6/h1-3H2. The summed E-state index contributed by atoms with van der Waals surface area (Å²) in [6, 6.07) is 0. The molecule has 1 aliphatic rings. The van der Waals surface area contributed by atoms with Crippen LogP contribution in [-0.4, -0.2) is 12.3 Å². The van der Waals surface area contributed by atoms with Crippen molar-refractivity contribution in [3.05, 3.63) is 0 Å². The monoisotopic (exact) mass is 124 g/mol. The molecule has 0 aromatic heterocycles. The Morgan fingerprint density at radius 2 is 1.83 bits per heavy atom. The molecule has 0 N–H and O–H groups in total. The number of halogens is 1. The molecule has 0 aromatic rings. The predicted molar refractivity (Wildman–Crippen MR) is 27.8 cm³/mol. The molecule has 0 aliphatic carbocycles. The highest BCUT2D eigenvalue weighted by Crippen LogP contribution is 2.59. The third kappa shape index (κ3) is 0.772. The minimum absolute atomic E-state index is 0.772. The molecule has 0 spiro atoms. The first-order chi connectivity index (χ1) is 2.71. The third-order valence-electron chi connectivity index (χ3n) is 0.984. The predicted octanol–water partition coefficient (Wildman–Crippen LogP) is 1.91. The van der Waals surface area contributed by atoms with Gasteiger partial charge in [-0.3, -0.25) is 0 Å². The van der Waals surface area contributed by atoms with Crippen molar-refractivity contribution in [2.75, 3.05) is 12.3 Å². The smallest absolute Gasteiger partial charge is 0.169 e. The van der Waals surface area contributed by atoms with Gasteiger partial charge in [0.15, 0.2) is 6.49 Å². The lowest BCUT2D eigenvalue weighted by Crippen LogP contribution is -2.02. The summed E-state index contributed by atoms with van der Waals surface area (Å²) >= 11 is 5.36. The zero-order valence-electron chi connectivity index (χ0n) is 3.35.